The van der Waals surface area contributed by atoms with Crippen LogP contribution in [-0.2, 0) is 0 Å². The molecule has 0 amide bonds. The molecule has 0 atom stereocenters. The highest BCUT2D eigenvalue weighted by atomic mass is 16.5. The summed E-state index contributed by atoms with van der Waals surface area (Å²) in [6, 6.07) is 13.7. The maximum Gasteiger partial charge on any atom is 0.162 e. The summed E-state index contributed by atoms with van der Waals surface area (Å²) in [6.07, 6.45) is 3.31. The summed E-state index contributed by atoms with van der Waals surface area (Å²) in [5.41, 5.74) is 2.57. The second kappa shape index (κ2) is 6.24. The van der Waals surface area contributed by atoms with Gasteiger partial charge in [0.05, 0.1) is 37.1 Å². The summed E-state index contributed by atoms with van der Waals surface area (Å²) in [6.45, 7) is 0. The van der Waals surface area contributed by atoms with E-state index in [-0.39, 0.29) is 0 Å². The Morgan fingerprint density at radius 3 is 2.48 bits per heavy atom. The molecule has 124 valence electrons. The molecule has 0 radical (unpaired) electrons. The van der Waals surface area contributed by atoms with E-state index in [1.807, 2.05) is 42.5 Å². The van der Waals surface area contributed by atoms with E-state index in [1.54, 1.807) is 20.4 Å². The van der Waals surface area contributed by atoms with Crippen molar-refractivity contribution >= 4 is 33.3 Å². The van der Waals surface area contributed by atoms with Crippen molar-refractivity contribution in [1.82, 2.24) is 15.0 Å². The Balaban J connectivity index is 1.79. The van der Waals surface area contributed by atoms with Crippen LogP contribution in [0.15, 0.2) is 55.0 Å². The predicted octanol–water partition coefficient (Wildman–Crippen LogP) is 3.94. The number of hydrogen-bond acceptors (Lipinski definition) is 6. The van der Waals surface area contributed by atoms with Gasteiger partial charge in [-0.15, -0.1) is 0 Å². The number of para-hydroxylation sites is 1. The van der Waals surface area contributed by atoms with Gasteiger partial charge >= 0.3 is 0 Å². The molecule has 0 bridgehead atoms. The summed E-state index contributed by atoms with van der Waals surface area (Å²) in [5.74, 6) is 1.94. The Bertz CT molecular complexity index is 1070. The van der Waals surface area contributed by atoms with Gasteiger partial charge in [0, 0.05) is 16.8 Å². The zero-order valence-electron chi connectivity index (χ0n) is 13.9. The Morgan fingerprint density at radius 2 is 1.64 bits per heavy atom. The van der Waals surface area contributed by atoms with Gasteiger partial charge in [-0.25, -0.2) is 9.97 Å². The van der Waals surface area contributed by atoms with Crippen molar-refractivity contribution in [1.29, 1.82) is 0 Å². The summed E-state index contributed by atoms with van der Waals surface area (Å²) < 4.78 is 10.7. The molecular weight excluding hydrogens is 316 g/mol. The first-order valence-corrected chi connectivity index (χ1v) is 7.77. The minimum atomic E-state index is 0.629. The zero-order chi connectivity index (χ0) is 17.2. The van der Waals surface area contributed by atoms with Gasteiger partial charge in [0.25, 0.3) is 0 Å². The molecule has 4 aromatic rings. The molecule has 0 spiro atoms. The first kappa shape index (κ1) is 15.1. The molecule has 25 heavy (non-hydrogen) atoms. The number of benzene rings is 2. The Labute approximate surface area is 144 Å². The number of nitrogens with zero attached hydrogens (tertiary/aromatic N) is 3. The minimum absolute atomic E-state index is 0.629. The van der Waals surface area contributed by atoms with Crippen LogP contribution in [0.2, 0.25) is 0 Å². The number of ether oxygens (including phenoxy) is 2. The number of rotatable bonds is 4. The quantitative estimate of drug-likeness (QED) is 0.610. The van der Waals surface area contributed by atoms with E-state index in [9.17, 15) is 0 Å². The minimum Gasteiger partial charge on any atom is -0.493 e. The van der Waals surface area contributed by atoms with Gasteiger partial charge in [-0.2, -0.15) is 0 Å². The van der Waals surface area contributed by atoms with Crippen molar-refractivity contribution in [2.45, 2.75) is 0 Å². The third-order valence-electron chi connectivity index (χ3n) is 3.99. The van der Waals surface area contributed by atoms with Gasteiger partial charge in [0.2, 0.25) is 0 Å². The van der Waals surface area contributed by atoms with Gasteiger partial charge in [-0.3, -0.25) is 4.98 Å². The Morgan fingerprint density at radius 1 is 0.840 bits per heavy atom. The average molecular weight is 332 g/mol. The van der Waals surface area contributed by atoms with Crippen LogP contribution in [0.3, 0.4) is 0 Å². The van der Waals surface area contributed by atoms with Crippen LogP contribution >= 0.6 is 0 Å². The Hall–Kier alpha value is -3.41. The molecule has 0 aliphatic carbocycles. The zero-order valence-corrected chi connectivity index (χ0v) is 13.9. The normalized spacial score (nSPS) is 10.8. The first-order chi connectivity index (χ1) is 12.3. The molecule has 0 aliphatic rings. The highest BCUT2D eigenvalue weighted by molar-refractivity contribution is 5.93. The van der Waals surface area contributed by atoms with Crippen molar-refractivity contribution in [2.75, 3.05) is 19.5 Å². The molecule has 2 aromatic carbocycles. The van der Waals surface area contributed by atoms with Crippen molar-refractivity contribution in [2.24, 2.45) is 0 Å². The molecule has 4 rings (SSSR count). The molecule has 0 unspecified atom stereocenters. The van der Waals surface area contributed by atoms with Crippen LogP contribution in [-0.4, -0.2) is 29.2 Å². The summed E-state index contributed by atoms with van der Waals surface area (Å²) in [4.78, 5) is 13.1. The molecule has 0 saturated carbocycles. The monoisotopic (exact) mass is 332 g/mol. The third kappa shape index (κ3) is 2.78. The molecule has 0 saturated heterocycles. The van der Waals surface area contributed by atoms with E-state index in [4.69, 9.17) is 9.47 Å². The smallest absolute Gasteiger partial charge is 0.162 e. The second-order valence-electron chi connectivity index (χ2n) is 5.49. The molecule has 0 fully saturated rings. The number of hydrogen-bond donors (Lipinski definition) is 1. The second-order valence-corrected chi connectivity index (χ2v) is 5.49. The van der Waals surface area contributed by atoms with Crippen molar-refractivity contribution in [3.8, 4) is 11.5 Å². The molecule has 0 aliphatic heterocycles. The lowest BCUT2D eigenvalue weighted by Crippen LogP contribution is -1.98. The standard InChI is InChI=1S/C19H16N4O2/c1-24-17-8-14-16(9-18(17)25-2)21-11-22-19(14)23-13-7-12-5-3-4-6-15(12)20-10-13/h3-11H,1-2H3,(H,21,22,23). The first-order valence-electron chi connectivity index (χ1n) is 7.77. The van der Waals surface area contributed by atoms with E-state index >= 15 is 0 Å². The number of anilines is 2. The fourth-order valence-corrected chi connectivity index (χ4v) is 2.76. The third-order valence-corrected chi connectivity index (χ3v) is 3.99. The average Bonchev–Trinajstić information content (AvgIpc) is 2.67. The van der Waals surface area contributed by atoms with Crippen LogP contribution in [0.5, 0.6) is 11.5 Å². The van der Waals surface area contributed by atoms with E-state index in [1.165, 1.54) is 6.33 Å². The molecule has 6 heteroatoms. The van der Waals surface area contributed by atoms with Crippen LogP contribution < -0.4 is 14.8 Å². The molecule has 2 heterocycles. The maximum atomic E-state index is 5.39. The highest BCUT2D eigenvalue weighted by Crippen LogP contribution is 2.34. The van der Waals surface area contributed by atoms with Crippen LogP contribution in [0.4, 0.5) is 11.5 Å². The highest BCUT2D eigenvalue weighted by Gasteiger charge is 2.11. The maximum absolute atomic E-state index is 5.39. The predicted molar refractivity (Wildman–Crippen MR) is 97.7 cm³/mol. The van der Waals surface area contributed by atoms with Crippen molar-refractivity contribution < 1.29 is 9.47 Å². The fourth-order valence-electron chi connectivity index (χ4n) is 2.76. The fraction of sp³-hybridized carbons (Fsp3) is 0.105. The van der Waals surface area contributed by atoms with E-state index in [0.29, 0.717) is 17.3 Å². The van der Waals surface area contributed by atoms with Gasteiger partial charge in [-0.05, 0) is 18.2 Å². The topological polar surface area (TPSA) is 69.2 Å². The molecule has 1 N–H and O–H groups in total. The molecule has 2 aromatic heterocycles. The van der Waals surface area contributed by atoms with Gasteiger partial charge in [0.1, 0.15) is 12.1 Å². The molecular formula is C19H16N4O2. The lowest BCUT2D eigenvalue weighted by Gasteiger charge is -2.12. The van der Waals surface area contributed by atoms with Crippen LogP contribution in [0, 0.1) is 0 Å². The Kier molecular flexibility index (Phi) is 3.78. The van der Waals surface area contributed by atoms with Crippen LogP contribution in [0.1, 0.15) is 0 Å². The summed E-state index contributed by atoms with van der Waals surface area (Å²) in [5, 5.41) is 5.22. The number of aromatic nitrogens is 3. The molecule has 6 nitrogen and oxygen atoms in total. The number of methoxy groups -OCH3 is 2. The van der Waals surface area contributed by atoms with Crippen molar-refractivity contribution in [3.63, 3.8) is 0 Å². The SMILES string of the molecule is COc1cc2ncnc(Nc3cnc4ccccc4c3)c2cc1OC. The number of nitrogens with one attached hydrogen (secondary N) is 1. The number of pyridine rings is 1. The summed E-state index contributed by atoms with van der Waals surface area (Å²) in [7, 11) is 3.21. The van der Waals surface area contributed by atoms with Crippen LogP contribution in [0.25, 0.3) is 21.8 Å². The lowest BCUT2D eigenvalue weighted by atomic mass is 10.2. The van der Waals surface area contributed by atoms with Gasteiger partial charge in [-0.1, -0.05) is 18.2 Å². The van der Waals surface area contributed by atoms with Gasteiger partial charge in [0.15, 0.2) is 11.5 Å². The summed E-state index contributed by atoms with van der Waals surface area (Å²) >= 11 is 0. The largest absolute Gasteiger partial charge is 0.493 e. The van der Waals surface area contributed by atoms with Crippen molar-refractivity contribution in [3.05, 3.63) is 55.0 Å². The van der Waals surface area contributed by atoms with E-state index < -0.39 is 0 Å². The van der Waals surface area contributed by atoms with Gasteiger partial charge < -0.3 is 14.8 Å². The van der Waals surface area contributed by atoms with E-state index in [0.717, 1.165) is 27.5 Å². The lowest BCUT2D eigenvalue weighted by molar-refractivity contribution is 0.356. The van der Waals surface area contributed by atoms with E-state index in [2.05, 4.69) is 20.3 Å². The number of fused-ring (bicyclic) bond motifs is 2.